The summed E-state index contributed by atoms with van der Waals surface area (Å²) >= 11 is 0. The van der Waals surface area contributed by atoms with Gasteiger partial charge >= 0.3 is 12.0 Å². The van der Waals surface area contributed by atoms with Gasteiger partial charge in [-0.1, -0.05) is 13.8 Å². The number of hydrogen-bond acceptors (Lipinski definition) is 3. The second-order valence-electron chi connectivity index (χ2n) is 5.28. The predicted molar refractivity (Wildman–Crippen MR) is 77.7 cm³/mol. The molecule has 0 spiro atoms. The number of carbonyl (C=O) groups is 2. The van der Waals surface area contributed by atoms with Crippen molar-refractivity contribution in [2.24, 2.45) is 0 Å². The van der Waals surface area contributed by atoms with Gasteiger partial charge in [0.2, 0.25) is 0 Å². The topological polar surface area (TPSA) is 81.1 Å². The van der Waals surface area contributed by atoms with Crippen LogP contribution in [0.1, 0.15) is 47.5 Å². The zero-order valence-electron chi connectivity index (χ0n) is 13.2. The van der Waals surface area contributed by atoms with Crippen LogP contribution in [0.25, 0.3) is 0 Å². The number of carbonyl (C=O) groups excluding carboxylic acids is 1. The fourth-order valence-electron chi connectivity index (χ4n) is 2.31. The van der Waals surface area contributed by atoms with Gasteiger partial charge in [0.1, 0.15) is 5.54 Å². The third-order valence-electron chi connectivity index (χ3n) is 3.72. The Morgan fingerprint density at radius 2 is 1.65 bits per heavy atom. The van der Waals surface area contributed by atoms with Crippen molar-refractivity contribution in [3.8, 4) is 0 Å². The van der Waals surface area contributed by atoms with E-state index in [1.165, 1.54) is 18.7 Å². The van der Waals surface area contributed by atoms with Crippen LogP contribution in [0.2, 0.25) is 0 Å². The van der Waals surface area contributed by atoms with Gasteiger partial charge in [0, 0.05) is 19.1 Å². The molecule has 0 saturated heterocycles. The van der Waals surface area contributed by atoms with E-state index in [4.69, 9.17) is 5.11 Å². The van der Waals surface area contributed by atoms with Gasteiger partial charge in [0.15, 0.2) is 0 Å². The van der Waals surface area contributed by atoms with Gasteiger partial charge < -0.3 is 20.0 Å². The molecule has 0 heterocycles. The molecule has 0 bridgehead atoms. The minimum absolute atomic E-state index is 0.00768. The molecule has 0 fully saturated rings. The first-order valence-corrected chi connectivity index (χ1v) is 7.20. The van der Waals surface area contributed by atoms with Crippen molar-refractivity contribution in [2.75, 3.05) is 19.7 Å². The van der Waals surface area contributed by atoms with Crippen LogP contribution in [0, 0.1) is 0 Å². The van der Waals surface area contributed by atoms with Gasteiger partial charge in [0.25, 0.3) is 0 Å². The number of aliphatic hydroxyl groups excluding tert-OH is 1. The van der Waals surface area contributed by atoms with E-state index in [0.29, 0.717) is 6.54 Å². The first-order chi connectivity index (χ1) is 9.27. The third-order valence-corrected chi connectivity index (χ3v) is 3.72. The zero-order chi connectivity index (χ0) is 15.9. The highest BCUT2D eigenvalue weighted by Gasteiger charge is 2.39. The Morgan fingerprint density at radius 1 is 1.15 bits per heavy atom. The second-order valence-corrected chi connectivity index (χ2v) is 5.28. The third kappa shape index (κ3) is 4.10. The van der Waals surface area contributed by atoms with Crippen LogP contribution >= 0.6 is 0 Å². The second kappa shape index (κ2) is 8.09. The van der Waals surface area contributed by atoms with E-state index in [0.717, 1.165) is 12.8 Å². The molecule has 0 aliphatic carbocycles. The predicted octanol–water partition coefficient (Wildman–Crippen LogP) is 1.77. The fraction of sp³-hybridized carbons (Fsp3) is 0.857. The number of amides is 2. The Balaban J connectivity index is 5.35. The summed E-state index contributed by atoms with van der Waals surface area (Å²) in [5.41, 5.74) is -1.27. The Hall–Kier alpha value is -1.30. The van der Waals surface area contributed by atoms with Crippen molar-refractivity contribution in [1.29, 1.82) is 0 Å². The van der Waals surface area contributed by atoms with Gasteiger partial charge in [-0.15, -0.1) is 0 Å². The normalized spacial score (nSPS) is 11.6. The number of rotatable bonds is 8. The molecule has 0 aliphatic rings. The molecule has 0 unspecified atom stereocenters. The SMILES string of the molecule is CCC(CC)N(CCO)C(=O)N(CC)C(C)(C)C(=O)O. The average molecular weight is 288 g/mol. The number of aliphatic hydroxyl groups is 1. The number of nitrogens with zero attached hydrogens (tertiary/aromatic N) is 2. The molecule has 0 aromatic rings. The summed E-state index contributed by atoms with van der Waals surface area (Å²) in [7, 11) is 0. The van der Waals surface area contributed by atoms with Crippen molar-refractivity contribution < 1.29 is 19.8 Å². The number of hydrogen-bond donors (Lipinski definition) is 2. The molecular weight excluding hydrogens is 260 g/mol. The van der Waals surface area contributed by atoms with Crippen LogP contribution in [-0.4, -0.2) is 63.3 Å². The molecule has 20 heavy (non-hydrogen) atoms. The van der Waals surface area contributed by atoms with Crippen molar-refractivity contribution in [1.82, 2.24) is 9.80 Å². The van der Waals surface area contributed by atoms with E-state index >= 15 is 0 Å². The first-order valence-electron chi connectivity index (χ1n) is 7.20. The van der Waals surface area contributed by atoms with Gasteiger partial charge in [-0.05, 0) is 33.6 Å². The van der Waals surface area contributed by atoms with Crippen molar-refractivity contribution in [3.63, 3.8) is 0 Å². The van der Waals surface area contributed by atoms with Crippen LogP contribution in [0.3, 0.4) is 0 Å². The zero-order valence-corrected chi connectivity index (χ0v) is 13.2. The van der Waals surface area contributed by atoms with E-state index < -0.39 is 11.5 Å². The fourth-order valence-corrected chi connectivity index (χ4v) is 2.31. The van der Waals surface area contributed by atoms with E-state index in [1.807, 2.05) is 13.8 Å². The van der Waals surface area contributed by atoms with Crippen molar-refractivity contribution in [2.45, 2.75) is 59.0 Å². The summed E-state index contributed by atoms with van der Waals surface area (Å²) in [5.74, 6) is -1.04. The number of aliphatic carboxylic acids is 1. The minimum Gasteiger partial charge on any atom is -0.480 e. The molecule has 0 radical (unpaired) electrons. The van der Waals surface area contributed by atoms with E-state index in [-0.39, 0.29) is 25.2 Å². The van der Waals surface area contributed by atoms with E-state index in [1.54, 1.807) is 11.8 Å². The minimum atomic E-state index is -1.27. The molecule has 118 valence electrons. The van der Waals surface area contributed by atoms with Crippen LogP contribution in [-0.2, 0) is 4.79 Å². The summed E-state index contributed by atoms with van der Waals surface area (Å²) in [6.07, 6.45) is 1.54. The van der Waals surface area contributed by atoms with Gasteiger partial charge in [-0.25, -0.2) is 9.59 Å². The molecule has 0 rings (SSSR count). The van der Waals surface area contributed by atoms with Crippen LogP contribution < -0.4 is 0 Å². The standard InChI is InChI=1S/C14H28N2O4/c1-6-11(7-2)15(9-10-17)13(20)16(8-3)14(4,5)12(18)19/h11,17H,6-10H2,1-5H3,(H,18,19). The molecule has 0 atom stereocenters. The molecule has 2 amide bonds. The summed E-state index contributed by atoms with van der Waals surface area (Å²) in [6.45, 7) is 9.13. The highest BCUT2D eigenvalue weighted by Crippen LogP contribution is 2.19. The molecule has 6 heteroatoms. The van der Waals surface area contributed by atoms with Gasteiger partial charge in [0.05, 0.1) is 6.61 Å². The maximum absolute atomic E-state index is 12.7. The lowest BCUT2D eigenvalue weighted by molar-refractivity contribution is -0.147. The lowest BCUT2D eigenvalue weighted by Gasteiger charge is -2.40. The molecule has 0 aromatic carbocycles. The highest BCUT2D eigenvalue weighted by molar-refractivity contribution is 5.85. The summed E-state index contributed by atoms with van der Waals surface area (Å²) in [6, 6.07) is -0.323. The molecular formula is C14H28N2O4. The summed E-state index contributed by atoms with van der Waals surface area (Å²) < 4.78 is 0. The first kappa shape index (κ1) is 18.7. The lowest BCUT2D eigenvalue weighted by atomic mass is 10.0. The van der Waals surface area contributed by atoms with Crippen LogP contribution in [0.4, 0.5) is 4.79 Å². The van der Waals surface area contributed by atoms with Gasteiger partial charge in [-0.3, -0.25) is 0 Å². The molecule has 0 aliphatic heterocycles. The van der Waals surface area contributed by atoms with Crippen molar-refractivity contribution in [3.05, 3.63) is 0 Å². The number of urea groups is 1. The molecule has 0 saturated carbocycles. The molecule has 2 N–H and O–H groups in total. The van der Waals surface area contributed by atoms with Crippen LogP contribution in [0.15, 0.2) is 0 Å². The monoisotopic (exact) mass is 288 g/mol. The quantitative estimate of drug-likeness (QED) is 0.713. The van der Waals surface area contributed by atoms with E-state index in [9.17, 15) is 14.7 Å². The number of likely N-dealkylation sites (N-methyl/N-ethyl adjacent to an activating group) is 1. The number of carboxylic acids is 1. The maximum atomic E-state index is 12.7. The average Bonchev–Trinajstić information content (AvgIpc) is 2.39. The summed E-state index contributed by atoms with van der Waals surface area (Å²) in [4.78, 5) is 26.9. The van der Waals surface area contributed by atoms with Crippen molar-refractivity contribution >= 4 is 12.0 Å². The Bertz CT molecular complexity index is 327. The Labute approximate surface area is 121 Å². The summed E-state index contributed by atoms with van der Waals surface area (Å²) in [5, 5.41) is 18.5. The maximum Gasteiger partial charge on any atom is 0.329 e. The Morgan fingerprint density at radius 3 is 1.95 bits per heavy atom. The molecule has 6 nitrogen and oxygen atoms in total. The lowest BCUT2D eigenvalue weighted by Crippen LogP contribution is -2.59. The van der Waals surface area contributed by atoms with E-state index in [2.05, 4.69) is 0 Å². The largest absolute Gasteiger partial charge is 0.480 e. The van der Waals surface area contributed by atoms with Crippen LogP contribution in [0.5, 0.6) is 0 Å². The number of carboxylic acid groups (broad SMARTS) is 1. The smallest absolute Gasteiger partial charge is 0.329 e. The Kier molecular flexibility index (Phi) is 7.57. The highest BCUT2D eigenvalue weighted by atomic mass is 16.4. The van der Waals surface area contributed by atoms with Gasteiger partial charge in [-0.2, -0.15) is 0 Å². The molecule has 0 aromatic heterocycles.